The minimum Gasteiger partial charge on any atom is -0.495 e. The summed E-state index contributed by atoms with van der Waals surface area (Å²) in [6, 6.07) is 8.99. The van der Waals surface area contributed by atoms with E-state index in [4.69, 9.17) is 30.5 Å². The zero-order valence-electron chi connectivity index (χ0n) is 15.1. The number of nitrogens with one attached hydrogen (secondary N) is 1. The minimum atomic E-state index is -0.576. The average molecular weight is 390 g/mol. The van der Waals surface area contributed by atoms with Gasteiger partial charge in [0.25, 0.3) is 0 Å². The Morgan fingerprint density at radius 3 is 2.41 bits per heavy atom. The van der Waals surface area contributed by atoms with Crippen LogP contribution in [0.15, 0.2) is 30.3 Å². The Balaban J connectivity index is 1.62. The van der Waals surface area contributed by atoms with Crippen molar-refractivity contribution < 1.29 is 23.7 Å². The van der Waals surface area contributed by atoms with Crippen molar-refractivity contribution in [3.05, 3.63) is 40.9 Å². The van der Waals surface area contributed by atoms with Gasteiger partial charge in [-0.2, -0.15) is 0 Å². The van der Waals surface area contributed by atoms with Crippen LogP contribution in [0.4, 0.5) is 5.69 Å². The molecule has 0 radical (unpaired) electrons. The summed E-state index contributed by atoms with van der Waals surface area (Å²) in [5, 5.41) is 3.39. The molecule has 0 bridgehead atoms. The Labute approximate surface area is 162 Å². The van der Waals surface area contributed by atoms with Gasteiger partial charge in [0.05, 0.1) is 30.3 Å². The van der Waals surface area contributed by atoms with Crippen molar-refractivity contribution in [2.45, 2.75) is 18.3 Å². The Kier molecular flexibility index (Phi) is 4.52. The van der Waals surface area contributed by atoms with Gasteiger partial charge in [0.15, 0.2) is 11.5 Å². The molecule has 1 aliphatic carbocycles. The molecule has 6 nitrogen and oxygen atoms in total. The summed E-state index contributed by atoms with van der Waals surface area (Å²) in [5.74, 6) is 2.25. The monoisotopic (exact) mass is 389 g/mol. The van der Waals surface area contributed by atoms with Crippen molar-refractivity contribution >= 4 is 23.2 Å². The zero-order valence-corrected chi connectivity index (χ0v) is 15.9. The van der Waals surface area contributed by atoms with Crippen LogP contribution < -0.4 is 24.3 Å². The number of anilines is 1. The second-order valence-corrected chi connectivity index (χ2v) is 6.99. The molecule has 0 aromatic heterocycles. The van der Waals surface area contributed by atoms with Crippen LogP contribution in [0, 0.1) is 0 Å². The number of amides is 1. The van der Waals surface area contributed by atoms with Crippen LogP contribution in [0.25, 0.3) is 0 Å². The number of carbonyl (C=O) groups excluding carboxylic acids is 1. The highest BCUT2D eigenvalue weighted by Gasteiger charge is 2.51. The number of rotatable bonds is 5. The van der Waals surface area contributed by atoms with Gasteiger partial charge in [-0.05, 0) is 30.5 Å². The highest BCUT2D eigenvalue weighted by molar-refractivity contribution is 6.32. The first-order valence-corrected chi connectivity index (χ1v) is 9.08. The second kappa shape index (κ2) is 6.85. The largest absolute Gasteiger partial charge is 0.495 e. The fraction of sp³-hybridized carbons (Fsp3) is 0.350. The number of ether oxygens (including phenoxy) is 4. The van der Waals surface area contributed by atoms with Crippen molar-refractivity contribution in [2.75, 3.05) is 32.8 Å². The summed E-state index contributed by atoms with van der Waals surface area (Å²) < 4.78 is 21.8. The van der Waals surface area contributed by atoms with Gasteiger partial charge in [0.2, 0.25) is 5.91 Å². The molecule has 1 amide bonds. The van der Waals surface area contributed by atoms with Gasteiger partial charge >= 0.3 is 0 Å². The SMILES string of the molecule is COc1cc(NC(=O)C2(c3ccc4c(c3)OCCO4)CC2)c(OC)cc1Cl. The van der Waals surface area contributed by atoms with Gasteiger partial charge in [-0.1, -0.05) is 17.7 Å². The van der Waals surface area contributed by atoms with Crippen molar-refractivity contribution in [3.8, 4) is 23.0 Å². The highest BCUT2D eigenvalue weighted by atomic mass is 35.5. The molecular formula is C20H20ClNO5. The van der Waals surface area contributed by atoms with E-state index >= 15 is 0 Å². The van der Waals surface area contributed by atoms with Gasteiger partial charge in [0, 0.05) is 12.1 Å². The van der Waals surface area contributed by atoms with E-state index in [9.17, 15) is 4.79 Å². The van der Waals surface area contributed by atoms with E-state index in [0.29, 0.717) is 46.9 Å². The van der Waals surface area contributed by atoms with E-state index in [1.54, 1.807) is 12.1 Å². The molecule has 142 valence electrons. The number of carbonyl (C=O) groups is 1. The maximum Gasteiger partial charge on any atom is 0.235 e. The molecule has 2 aliphatic rings. The predicted molar refractivity (Wildman–Crippen MR) is 102 cm³/mol. The van der Waals surface area contributed by atoms with Gasteiger partial charge in [-0.25, -0.2) is 0 Å². The molecular weight excluding hydrogens is 370 g/mol. The summed E-state index contributed by atoms with van der Waals surface area (Å²) in [5.41, 5.74) is 0.866. The molecule has 1 aliphatic heterocycles. The molecule has 1 N–H and O–H groups in total. The average Bonchev–Trinajstić information content (AvgIpc) is 3.50. The second-order valence-electron chi connectivity index (χ2n) is 6.58. The van der Waals surface area contributed by atoms with Crippen LogP contribution in [-0.2, 0) is 10.2 Å². The fourth-order valence-electron chi connectivity index (χ4n) is 3.31. The Morgan fingerprint density at radius 2 is 1.74 bits per heavy atom. The predicted octanol–water partition coefficient (Wildman–Crippen LogP) is 3.80. The van der Waals surface area contributed by atoms with E-state index in [1.165, 1.54) is 14.2 Å². The summed E-state index contributed by atoms with van der Waals surface area (Å²) >= 11 is 6.14. The van der Waals surface area contributed by atoms with Crippen LogP contribution in [-0.4, -0.2) is 33.3 Å². The molecule has 1 heterocycles. The van der Waals surface area contributed by atoms with Crippen molar-refractivity contribution in [2.24, 2.45) is 0 Å². The van der Waals surface area contributed by atoms with E-state index in [0.717, 1.165) is 18.4 Å². The zero-order chi connectivity index (χ0) is 19.0. The number of hydrogen-bond acceptors (Lipinski definition) is 5. The number of hydrogen-bond donors (Lipinski definition) is 1. The van der Waals surface area contributed by atoms with E-state index in [1.807, 2.05) is 18.2 Å². The van der Waals surface area contributed by atoms with Crippen LogP contribution in [0.5, 0.6) is 23.0 Å². The van der Waals surface area contributed by atoms with Crippen LogP contribution >= 0.6 is 11.6 Å². The van der Waals surface area contributed by atoms with Crippen LogP contribution in [0.1, 0.15) is 18.4 Å². The van der Waals surface area contributed by atoms with Gasteiger partial charge in [-0.15, -0.1) is 0 Å². The first-order valence-electron chi connectivity index (χ1n) is 8.70. The van der Waals surface area contributed by atoms with Gasteiger partial charge in [0.1, 0.15) is 24.7 Å². The molecule has 2 aromatic carbocycles. The third kappa shape index (κ3) is 3.14. The third-order valence-electron chi connectivity index (χ3n) is 5.00. The summed E-state index contributed by atoms with van der Waals surface area (Å²) in [7, 11) is 3.05. The Morgan fingerprint density at radius 1 is 1.04 bits per heavy atom. The Bertz CT molecular complexity index is 894. The fourth-order valence-corrected chi connectivity index (χ4v) is 3.54. The quantitative estimate of drug-likeness (QED) is 0.842. The van der Waals surface area contributed by atoms with Crippen molar-refractivity contribution in [1.82, 2.24) is 0 Å². The molecule has 0 saturated heterocycles. The third-order valence-corrected chi connectivity index (χ3v) is 5.30. The molecule has 4 rings (SSSR count). The number of halogens is 1. The topological polar surface area (TPSA) is 66.0 Å². The lowest BCUT2D eigenvalue weighted by atomic mass is 9.94. The molecule has 2 aromatic rings. The molecule has 27 heavy (non-hydrogen) atoms. The number of methoxy groups -OCH3 is 2. The van der Waals surface area contributed by atoms with E-state index in [2.05, 4.69) is 5.32 Å². The molecule has 0 unspecified atom stereocenters. The number of fused-ring (bicyclic) bond motifs is 1. The summed E-state index contributed by atoms with van der Waals surface area (Å²) in [6.45, 7) is 1.05. The summed E-state index contributed by atoms with van der Waals surface area (Å²) in [6.07, 6.45) is 1.54. The van der Waals surface area contributed by atoms with Crippen molar-refractivity contribution in [3.63, 3.8) is 0 Å². The van der Waals surface area contributed by atoms with Crippen LogP contribution in [0.2, 0.25) is 5.02 Å². The lowest BCUT2D eigenvalue weighted by Gasteiger charge is -2.22. The Hall–Kier alpha value is -2.60. The summed E-state index contributed by atoms with van der Waals surface area (Å²) in [4.78, 5) is 13.1. The van der Waals surface area contributed by atoms with Gasteiger partial charge < -0.3 is 24.3 Å². The standard InChI is InChI=1S/C20H20ClNO5/c1-24-16-11-14(17(25-2)10-13(16)21)22-19(23)20(5-6-20)12-3-4-15-18(9-12)27-8-7-26-15/h3-4,9-11H,5-8H2,1-2H3,(H,22,23). The molecule has 7 heteroatoms. The minimum absolute atomic E-state index is 0.0955. The molecule has 0 spiro atoms. The maximum absolute atomic E-state index is 13.1. The number of benzene rings is 2. The lowest BCUT2D eigenvalue weighted by Crippen LogP contribution is -2.28. The van der Waals surface area contributed by atoms with E-state index in [-0.39, 0.29) is 5.91 Å². The normalized spacial score (nSPS) is 16.4. The highest BCUT2D eigenvalue weighted by Crippen LogP contribution is 2.51. The molecule has 1 saturated carbocycles. The first-order chi connectivity index (χ1) is 13.1. The lowest BCUT2D eigenvalue weighted by molar-refractivity contribution is -0.118. The first kappa shape index (κ1) is 17.8. The maximum atomic E-state index is 13.1. The van der Waals surface area contributed by atoms with Gasteiger partial charge in [-0.3, -0.25) is 4.79 Å². The van der Waals surface area contributed by atoms with Crippen LogP contribution in [0.3, 0.4) is 0 Å². The molecule has 0 atom stereocenters. The van der Waals surface area contributed by atoms with Crippen molar-refractivity contribution in [1.29, 1.82) is 0 Å². The smallest absolute Gasteiger partial charge is 0.235 e. The van der Waals surface area contributed by atoms with E-state index < -0.39 is 5.41 Å². The molecule has 1 fully saturated rings.